The molecule has 0 bridgehead atoms. The predicted octanol–water partition coefficient (Wildman–Crippen LogP) is 2.83. The first-order valence-corrected chi connectivity index (χ1v) is 8.97. The maximum Gasteiger partial charge on any atom is 0.338 e. The Morgan fingerprint density at radius 1 is 1.21 bits per heavy atom. The van der Waals surface area contributed by atoms with Gasteiger partial charge in [-0.1, -0.05) is 0 Å². The summed E-state index contributed by atoms with van der Waals surface area (Å²) >= 11 is 0. The van der Waals surface area contributed by atoms with E-state index >= 15 is 0 Å². The summed E-state index contributed by atoms with van der Waals surface area (Å²) in [6.07, 6.45) is 1.33. The zero-order chi connectivity index (χ0) is 21.0. The van der Waals surface area contributed by atoms with Gasteiger partial charge in [-0.15, -0.1) is 0 Å². The Labute approximate surface area is 166 Å². The number of non-ortho nitro benzene ring substituents is 1. The highest BCUT2D eigenvalue weighted by molar-refractivity contribution is 5.97. The lowest BCUT2D eigenvalue weighted by molar-refractivity contribution is -0.384. The Morgan fingerprint density at radius 2 is 1.93 bits per heavy atom. The molecule has 1 aliphatic heterocycles. The third-order valence-electron chi connectivity index (χ3n) is 4.52. The average Bonchev–Trinajstić information content (AvgIpc) is 3.13. The number of benzene rings is 2. The zero-order valence-electron chi connectivity index (χ0n) is 15.7. The first kappa shape index (κ1) is 20.0. The van der Waals surface area contributed by atoms with Gasteiger partial charge >= 0.3 is 5.97 Å². The van der Waals surface area contributed by atoms with E-state index in [1.165, 1.54) is 18.2 Å². The van der Waals surface area contributed by atoms with Gasteiger partial charge in [0.15, 0.2) is 6.61 Å². The first-order chi connectivity index (χ1) is 13.8. The lowest BCUT2D eigenvalue weighted by Gasteiger charge is -2.15. The molecular formula is C20H19N3O6. The smallest absolute Gasteiger partial charge is 0.338 e. The number of nitrogens with one attached hydrogen (secondary N) is 1. The quantitative estimate of drug-likeness (QED) is 0.455. The number of hydrogen-bond donors (Lipinski definition) is 1. The van der Waals surface area contributed by atoms with Crippen LogP contribution in [0.25, 0.3) is 0 Å². The molecule has 2 amide bonds. The number of nitrogens with zero attached hydrogens (tertiary/aromatic N) is 2. The number of amides is 2. The van der Waals surface area contributed by atoms with E-state index in [-0.39, 0.29) is 17.2 Å². The fourth-order valence-corrected chi connectivity index (χ4v) is 3.00. The van der Waals surface area contributed by atoms with Gasteiger partial charge in [-0.2, -0.15) is 0 Å². The van der Waals surface area contributed by atoms with Crippen LogP contribution in [0.5, 0.6) is 0 Å². The molecular weight excluding hydrogens is 378 g/mol. The topological polar surface area (TPSA) is 119 Å². The SMILES string of the molecule is Cc1cc([N+](=O)[O-])ccc1NC(=O)COC(=O)c1ccc(N2CCCC2=O)cc1. The van der Waals surface area contributed by atoms with Crippen molar-refractivity contribution in [3.05, 3.63) is 63.7 Å². The van der Waals surface area contributed by atoms with Gasteiger partial charge in [0.25, 0.3) is 11.6 Å². The van der Waals surface area contributed by atoms with E-state index in [0.29, 0.717) is 24.2 Å². The van der Waals surface area contributed by atoms with E-state index in [9.17, 15) is 24.5 Å². The molecule has 1 saturated heterocycles. The molecule has 0 radical (unpaired) electrons. The Hall–Kier alpha value is -3.75. The number of carbonyl (C=O) groups is 3. The number of rotatable bonds is 6. The number of nitro groups is 1. The highest BCUT2D eigenvalue weighted by atomic mass is 16.6. The van der Waals surface area contributed by atoms with Crippen LogP contribution < -0.4 is 10.2 Å². The van der Waals surface area contributed by atoms with Gasteiger partial charge in [0, 0.05) is 36.5 Å². The van der Waals surface area contributed by atoms with Crippen LogP contribution in [0.2, 0.25) is 0 Å². The van der Waals surface area contributed by atoms with E-state index < -0.39 is 23.4 Å². The van der Waals surface area contributed by atoms with Crippen LogP contribution >= 0.6 is 0 Å². The van der Waals surface area contributed by atoms with Crippen molar-refractivity contribution < 1.29 is 24.0 Å². The van der Waals surface area contributed by atoms with E-state index in [0.717, 1.165) is 12.1 Å². The van der Waals surface area contributed by atoms with Crippen molar-refractivity contribution in [1.29, 1.82) is 0 Å². The van der Waals surface area contributed by atoms with Crippen molar-refractivity contribution in [2.24, 2.45) is 0 Å². The molecule has 3 rings (SSSR count). The summed E-state index contributed by atoms with van der Waals surface area (Å²) in [5, 5.41) is 13.3. The van der Waals surface area contributed by atoms with Gasteiger partial charge in [0.1, 0.15) is 0 Å². The number of nitro benzene ring substituents is 1. The van der Waals surface area contributed by atoms with Gasteiger partial charge in [0.05, 0.1) is 10.5 Å². The summed E-state index contributed by atoms with van der Waals surface area (Å²) in [6, 6.07) is 10.5. The number of hydrogen-bond acceptors (Lipinski definition) is 6. The molecule has 1 aliphatic rings. The number of aryl methyl sites for hydroxylation is 1. The minimum atomic E-state index is -0.667. The number of carbonyl (C=O) groups excluding carboxylic acids is 3. The van der Waals surface area contributed by atoms with Crippen molar-refractivity contribution in [2.75, 3.05) is 23.4 Å². The van der Waals surface area contributed by atoms with E-state index in [4.69, 9.17) is 4.74 Å². The maximum atomic E-state index is 12.1. The van der Waals surface area contributed by atoms with Crippen molar-refractivity contribution in [3.8, 4) is 0 Å². The Bertz CT molecular complexity index is 971. The molecule has 29 heavy (non-hydrogen) atoms. The second-order valence-electron chi connectivity index (χ2n) is 6.58. The number of ether oxygens (including phenoxy) is 1. The summed E-state index contributed by atoms with van der Waals surface area (Å²) < 4.78 is 5.01. The third-order valence-corrected chi connectivity index (χ3v) is 4.52. The molecule has 2 aromatic carbocycles. The molecule has 0 atom stereocenters. The van der Waals surface area contributed by atoms with Gasteiger partial charge in [-0.3, -0.25) is 19.7 Å². The van der Waals surface area contributed by atoms with Crippen LogP contribution in [0.15, 0.2) is 42.5 Å². The van der Waals surface area contributed by atoms with Crippen molar-refractivity contribution in [3.63, 3.8) is 0 Å². The molecule has 0 saturated carbocycles. The van der Waals surface area contributed by atoms with E-state index in [2.05, 4.69) is 5.32 Å². The van der Waals surface area contributed by atoms with Crippen LogP contribution in [0, 0.1) is 17.0 Å². The van der Waals surface area contributed by atoms with Crippen molar-refractivity contribution >= 4 is 34.8 Å². The fourth-order valence-electron chi connectivity index (χ4n) is 3.00. The largest absolute Gasteiger partial charge is 0.452 e. The van der Waals surface area contributed by atoms with E-state index in [1.807, 2.05) is 0 Å². The van der Waals surface area contributed by atoms with Crippen LogP contribution in [0.4, 0.5) is 17.1 Å². The normalized spacial score (nSPS) is 13.3. The van der Waals surface area contributed by atoms with Crippen LogP contribution in [0.1, 0.15) is 28.8 Å². The molecule has 2 aromatic rings. The molecule has 9 heteroatoms. The molecule has 1 N–H and O–H groups in total. The van der Waals surface area contributed by atoms with Crippen molar-refractivity contribution in [1.82, 2.24) is 0 Å². The molecule has 9 nitrogen and oxygen atoms in total. The van der Waals surface area contributed by atoms with Crippen LogP contribution in [-0.2, 0) is 14.3 Å². The minimum Gasteiger partial charge on any atom is -0.452 e. The fraction of sp³-hybridized carbons (Fsp3) is 0.250. The van der Waals surface area contributed by atoms with Gasteiger partial charge < -0.3 is 15.0 Å². The van der Waals surface area contributed by atoms with Crippen LogP contribution in [-0.4, -0.2) is 35.9 Å². The lowest BCUT2D eigenvalue weighted by atomic mass is 10.2. The lowest BCUT2D eigenvalue weighted by Crippen LogP contribution is -2.23. The highest BCUT2D eigenvalue weighted by Gasteiger charge is 2.22. The molecule has 0 aromatic heterocycles. The second kappa shape index (κ2) is 8.51. The first-order valence-electron chi connectivity index (χ1n) is 8.97. The summed E-state index contributed by atoms with van der Waals surface area (Å²) in [7, 11) is 0. The Morgan fingerprint density at radius 3 is 2.52 bits per heavy atom. The summed E-state index contributed by atoms with van der Waals surface area (Å²) in [5.41, 5.74) is 1.82. The monoisotopic (exact) mass is 397 g/mol. The third kappa shape index (κ3) is 4.75. The average molecular weight is 397 g/mol. The molecule has 0 unspecified atom stereocenters. The molecule has 0 aliphatic carbocycles. The van der Waals surface area contributed by atoms with E-state index in [1.54, 1.807) is 36.1 Å². The van der Waals surface area contributed by atoms with Gasteiger partial charge in [-0.25, -0.2) is 4.79 Å². The second-order valence-corrected chi connectivity index (χ2v) is 6.58. The molecule has 150 valence electrons. The molecule has 0 spiro atoms. The highest BCUT2D eigenvalue weighted by Crippen LogP contribution is 2.22. The Balaban J connectivity index is 1.54. The summed E-state index contributed by atoms with van der Waals surface area (Å²) in [6.45, 7) is 1.79. The Kier molecular flexibility index (Phi) is 5.87. The zero-order valence-corrected chi connectivity index (χ0v) is 15.7. The molecule has 1 fully saturated rings. The van der Waals surface area contributed by atoms with Gasteiger partial charge in [-0.05, 0) is 49.2 Å². The molecule has 1 heterocycles. The van der Waals surface area contributed by atoms with Crippen LogP contribution in [0.3, 0.4) is 0 Å². The predicted molar refractivity (Wildman–Crippen MR) is 105 cm³/mol. The van der Waals surface area contributed by atoms with Crippen molar-refractivity contribution in [2.45, 2.75) is 19.8 Å². The number of anilines is 2. The van der Waals surface area contributed by atoms with Gasteiger partial charge in [0.2, 0.25) is 5.91 Å². The number of esters is 1. The summed E-state index contributed by atoms with van der Waals surface area (Å²) in [4.78, 5) is 47.8. The minimum absolute atomic E-state index is 0.0542. The maximum absolute atomic E-state index is 12.1. The summed E-state index contributed by atoms with van der Waals surface area (Å²) in [5.74, 6) is -1.17. The standard InChI is InChI=1S/C20H19N3O6/c1-13-11-16(23(27)28)8-9-17(13)21-18(24)12-29-20(26)14-4-6-15(7-5-14)22-10-2-3-19(22)25/h4-9,11H,2-3,10,12H2,1H3,(H,21,24).